The van der Waals surface area contributed by atoms with Crippen LogP contribution < -0.4 is 0 Å². The molecule has 1 unspecified atom stereocenters. The van der Waals surface area contributed by atoms with Crippen LogP contribution in [0.4, 0.5) is 0 Å². The molecule has 0 aliphatic carbocycles. The van der Waals surface area contributed by atoms with Crippen molar-refractivity contribution < 1.29 is 0 Å². The molecule has 0 N–H and O–H groups in total. The van der Waals surface area contributed by atoms with Crippen molar-refractivity contribution in [3.8, 4) is 0 Å². The Hall–Kier alpha value is -1.44. The number of aryl methyl sites for hydroxylation is 2. The molecule has 110 valence electrons. The summed E-state index contributed by atoms with van der Waals surface area (Å²) in [6.45, 7) is 13.5. The smallest absolute Gasteiger partial charge is 0.0505 e. The molecular formula is C18H28N2. The van der Waals surface area contributed by atoms with E-state index in [4.69, 9.17) is 0 Å². The average Bonchev–Trinajstić information content (AvgIpc) is 2.34. The van der Waals surface area contributed by atoms with Gasteiger partial charge >= 0.3 is 0 Å². The first-order chi connectivity index (χ1) is 9.29. The van der Waals surface area contributed by atoms with E-state index in [0.29, 0.717) is 11.5 Å². The first-order valence-electron chi connectivity index (χ1n) is 7.48. The molecular weight excluding hydrogens is 244 g/mol. The first kappa shape index (κ1) is 15.0. The summed E-state index contributed by atoms with van der Waals surface area (Å²) in [5.41, 5.74) is 4.54. The quantitative estimate of drug-likeness (QED) is 0.804. The van der Waals surface area contributed by atoms with Crippen LogP contribution in [0.5, 0.6) is 0 Å². The summed E-state index contributed by atoms with van der Waals surface area (Å²) in [4.78, 5) is 4.80. The second-order valence-electron chi connectivity index (χ2n) is 7.15. The maximum atomic E-state index is 2.45. The second kappa shape index (κ2) is 5.51. The molecule has 0 saturated carbocycles. The van der Waals surface area contributed by atoms with E-state index in [-0.39, 0.29) is 0 Å². The Labute approximate surface area is 124 Å². The summed E-state index contributed by atoms with van der Waals surface area (Å²) in [6, 6.07) is 7.12. The fourth-order valence-electron chi connectivity index (χ4n) is 3.02. The predicted octanol–water partition coefficient (Wildman–Crippen LogP) is 3.94. The molecule has 20 heavy (non-hydrogen) atoms. The van der Waals surface area contributed by atoms with Gasteiger partial charge in [0.25, 0.3) is 0 Å². The van der Waals surface area contributed by atoms with Crippen molar-refractivity contribution in [1.29, 1.82) is 0 Å². The van der Waals surface area contributed by atoms with E-state index < -0.39 is 0 Å². The van der Waals surface area contributed by atoms with Crippen molar-refractivity contribution >= 4 is 0 Å². The number of nitrogens with zero attached hydrogens (tertiary/aromatic N) is 2. The van der Waals surface area contributed by atoms with Gasteiger partial charge in [0, 0.05) is 32.5 Å². The summed E-state index contributed by atoms with van der Waals surface area (Å²) < 4.78 is 0. The summed E-state index contributed by atoms with van der Waals surface area (Å²) in [6.07, 6.45) is 4.45. The third-order valence-corrected chi connectivity index (χ3v) is 4.42. The van der Waals surface area contributed by atoms with Crippen molar-refractivity contribution in [2.45, 2.75) is 47.2 Å². The third-order valence-electron chi connectivity index (χ3n) is 4.42. The molecule has 2 rings (SSSR count). The molecule has 0 saturated heterocycles. The number of likely N-dealkylation sites (N-methyl/N-ethyl adjacent to an activating group) is 1. The van der Waals surface area contributed by atoms with Gasteiger partial charge in [0.2, 0.25) is 0 Å². The molecule has 1 aliphatic heterocycles. The van der Waals surface area contributed by atoms with Crippen molar-refractivity contribution in [2.75, 3.05) is 13.6 Å². The van der Waals surface area contributed by atoms with Crippen LogP contribution in [0.15, 0.2) is 30.6 Å². The molecule has 0 spiro atoms. The molecule has 0 bridgehead atoms. The number of hydrogen-bond donors (Lipinski definition) is 0. The molecule has 1 aromatic rings. The Kier molecular flexibility index (Phi) is 4.12. The molecule has 0 amide bonds. The van der Waals surface area contributed by atoms with Gasteiger partial charge in [-0.1, -0.05) is 39.0 Å². The van der Waals surface area contributed by atoms with Gasteiger partial charge in [-0.3, -0.25) is 0 Å². The van der Waals surface area contributed by atoms with Gasteiger partial charge in [-0.15, -0.1) is 0 Å². The summed E-state index contributed by atoms with van der Waals surface area (Å²) in [7, 11) is 2.18. The lowest BCUT2D eigenvalue weighted by Crippen LogP contribution is -2.48. The molecule has 0 fully saturated rings. The van der Waals surface area contributed by atoms with Gasteiger partial charge < -0.3 is 9.80 Å². The molecule has 1 aliphatic rings. The van der Waals surface area contributed by atoms with Crippen molar-refractivity contribution in [2.24, 2.45) is 5.41 Å². The van der Waals surface area contributed by atoms with Gasteiger partial charge in [-0.25, -0.2) is 0 Å². The molecule has 1 heterocycles. The zero-order valence-electron chi connectivity index (χ0n) is 13.8. The average molecular weight is 272 g/mol. The SMILES string of the molecule is Cc1cccc(C)c1CN1C=CN(C)C(C(C)(C)C)C1. The standard InChI is InChI=1S/C18H28N2/c1-14-8-7-9-15(2)16(14)12-20-11-10-19(6)17(13-20)18(3,4)5/h7-11,17H,12-13H2,1-6H3. The van der Waals surface area contributed by atoms with Crippen molar-refractivity contribution in [3.63, 3.8) is 0 Å². The van der Waals surface area contributed by atoms with Crippen LogP contribution in [-0.4, -0.2) is 29.4 Å². The zero-order chi connectivity index (χ0) is 14.9. The monoisotopic (exact) mass is 272 g/mol. The first-order valence-corrected chi connectivity index (χ1v) is 7.48. The van der Waals surface area contributed by atoms with Crippen molar-refractivity contribution in [1.82, 2.24) is 9.80 Å². The van der Waals surface area contributed by atoms with E-state index in [1.807, 2.05) is 0 Å². The molecule has 2 heteroatoms. The number of benzene rings is 1. The van der Waals surface area contributed by atoms with Gasteiger partial charge in [0.05, 0.1) is 6.04 Å². The number of rotatable bonds is 2. The minimum absolute atomic E-state index is 0.290. The zero-order valence-corrected chi connectivity index (χ0v) is 13.8. The Morgan fingerprint density at radius 3 is 2.25 bits per heavy atom. The highest BCUT2D eigenvalue weighted by Gasteiger charge is 2.30. The van der Waals surface area contributed by atoms with Gasteiger partial charge in [-0.2, -0.15) is 0 Å². The number of hydrogen-bond acceptors (Lipinski definition) is 2. The van der Waals surface area contributed by atoms with Crippen LogP contribution in [-0.2, 0) is 6.54 Å². The van der Waals surface area contributed by atoms with E-state index in [1.54, 1.807) is 0 Å². The normalized spacial score (nSPS) is 19.6. The maximum Gasteiger partial charge on any atom is 0.0505 e. The van der Waals surface area contributed by atoms with E-state index in [9.17, 15) is 0 Å². The van der Waals surface area contributed by atoms with Gasteiger partial charge in [0.15, 0.2) is 0 Å². The summed E-state index contributed by atoms with van der Waals surface area (Å²) in [5.74, 6) is 0. The van der Waals surface area contributed by atoms with E-state index in [1.165, 1.54) is 16.7 Å². The summed E-state index contributed by atoms with van der Waals surface area (Å²) in [5, 5.41) is 0. The van der Waals surface area contributed by atoms with Crippen LogP contribution >= 0.6 is 0 Å². The Morgan fingerprint density at radius 1 is 1.10 bits per heavy atom. The minimum Gasteiger partial charge on any atom is -0.374 e. The second-order valence-corrected chi connectivity index (χ2v) is 7.15. The third kappa shape index (κ3) is 3.17. The fraction of sp³-hybridized carbons (Fsp3) is 0.556. The Bertz CT molecular complexity index is 476. The molecule has 1 atom stereocenters. The van der Waals surface area contributed by atoms with E-state index in [2.05, 4.69) is 82.1 Å². The molecule has 0 aromatic heterocycles. The van der Waals surface area contributed by atoms with Crippen LogP contribution in [0.3, 0.4) is 0 Å². The predicted molar refractivity (Wildman–Crippen MR) is 86.5 cm³/mol. The highest BCUT2D eigenvalue weighted by molar-refractivity contribution is 5.33. The Morgan fingerprint density at radius 2 is 1.70 bits per heavy atom. The summed E-state index contributed by atoms with van der Waals surface area (Å²) >= 11 is 0. The lowest BCUT2D eigenvalue weighted by molar-refractivity contribution is 0.111. The topological polar surface area (TPSA) is 6.48 Å². The van der Waals surface area contributed by atoms with Crippen molar-refractivity contribution in [3.05, 3.63) is 47.3 Å². The molecule has 2 nitrogen and oxygen atoms in total. The highest BCUT2D eigenvalue weighted by Crippen LogP contribution is 2.28. The van der Waals surface area contributed by atoms with Crippen LogP contribution in [0.25, 0.3) is 0 Å². The lowest BCUT2D eigenvalue weighted by Gasteiger charge is -2.44. The van der Waals surface area contributed by atoms with Gasteiger partial charge in [-0.05, 0) is 36.0 Å². The van der Waals surface area contributed by atoms with Crippen LogP contribution in [0, 0.1) is 19.3 Å². The van der Waals surface area contributed by atoms with E-state index in [0.717, 1.165) is 13.1 Å². The van der Waals surface area contributed by atoms with E-state index >= 15 is 0 Å². The molecule has 1 aromatic carbocycles. The highest BCUT2D eigenvalue weighted by atomic mass is 15.2. The van der Waals surface area contributed by atoms with Crippen LogP contribution in [0.1, 0.15) is 37.5 Å². The fourth-order valence-corrected chi connectivity index (χ4v) is 3.02. The van der Waals surface area contributed by atoms with Crippen LogP contribution in [0.2, 0.25) is 0 Å². The van der Waals surface area contributed by atoms with Gasteiger partial charge in [0.1, 0.15) is 0 Å². The minimum atomic E-state index is 0.290. The molecule has 0 radical (unpaired) electrons. The largest absolute Gasteiger partial charge is 0.374 e. The Balaban J connectivity index is 2.17. The lowest BCUT2D eigenvalue weighted by atomic mass is 9.85. The maximum absolute atomic E-state index is 2.45.